The number of carboxylic acids is 1. The third-order valence-corrected chi connectivity index (χ3v) is 2.64. The molecule has 0 aliphatic rings. The second-order valence-corrected chi connectivity index (χ2v) is 4.20. The molecule has 1 rings (SSSR count). The van der Waals surface area contributed by atoms with E-state index in [0.717, 1.165) is 10.0 Å². The fourth-order valence-corrected chi connectivity index (χ4v) is 1.58. The number of aliphatic carboxylic acids is 1. The number of hydrogen-bond donors (Lipinski definition) is 1. The summed E-state index contributed by atoms with van der Waals surface area (Å²) in [5.41, 5.74) is 1.08. The highest BCUT2D eigenvalue weighted by molar-refractivity contribution is 9.10. The summed E-state index contributed by atoms with van der Waals surface area (Å²) in [5.74, 6) is -0.834. The highest BCUT2D eigenvalue weighted by atomic mass is 79.9. The number of carbonyl (C=O) groups is 1. The van der Waals surface area contributed by atoms with Crippen molar-refractivity contribution < 1.29 is 14.6 Å². The molecular weight excluding hydrogens is 260 g/mol. The highest BCUT2D eigenvalue weighted by Crippen LogP contribution is 2.13. The zero-order valence-corrected chi connectivity index (χ0v) is 10.0. The zero-order chi connectivity index (χ0) is 11.3. The Morgan fingerprint density at radius 1 is 1.47 bits per heavy atom. The van der Waals surface area contributed by atoms with Gasteiger partial charge in [-0.3, -0.25) is 4.79 Å². The molecule has 0 aromatic heterocycles. The van der Waals surface area contributed by atoms with Crippen molar-refractivity contribution in [2.24, 2.45) is 0 Å². The minimum absolute atomic E-state index is 0.0343. The van der Waals surface area contributed by atoms with Crippen molar-refractivity contribution in [3.05, 3.63) is 34.3 Å². The summed E-state index contributed by atoms with van der Waals surface area (Å²) < 4.78 is 6.12. The van der Waals surface area contributed by atoms with Crippen molar-refractivity contribution in [3.8, 4) is 0 Å². The molecule has 0 amide bonds. The Kier molecular flexibility index (Phi) is 4.78. The lowest BCUT2D eigenvalue weighted by Crippen LogP contribution is -2.18. The Morgan fingerprint density at radius 3 is 2.53 bits per heavy atom. The summed E-state index contributed by atoms with van der Waals surface area (Å²) in [7, 11) is 1.53. The molecule has 0 saturated carbocycles. The molecule has 82 valence electrons. The number of halogens is 1. The molecule has 0 aliphatic carbocycles. The smallest absolute Gasteiger partial charge is 0.305 e. The van der Waals surface area contributed by atoms with Crippen molar-refractivity contribution in [2.45, 2.75) is 18.9 Å². The summed E-state index contributed by atoms with van der Waals surface area (Å²) in [5, 5.41) is 8.65. The number of carboxylic acid groups (broad SMARTS) is 1. The van der Waals surface area contributed by atoms with Gasteiger partial charge in [0.2, 0.25) is 0 Å². The molecule has 1 unspecified atom stereocenters. The van der Waals surface area contributed by atoms with Crippen LogP contribution in [0.5, 0.6) is 0 Å². The maximum absolute atomic E-state index is 10.5. The van der Waals surface area contributed by atoms with Gasteiger partial charge in [0.25, 0.3) is 0 Å². The van der Waals surface area contributed by atoms with Crippen LogP contribution < -0.4 is 0 Å². The van der Waals surface area contributed by atoms with Crippen molar-refractivity contribution in [1.82, 2.24) is 0 Å². The fraction of sp³-hybridized carbons (Fsp3) is 0.364. The Hall–Kier alpha value is -0.870. The van der Waals surface area contributed by atoms with Gasteiger partial charge in [-0.1, -0.05) is 28.1 Å². The van der Waals surface area contributed by atoms with Crippen LogP contribution in [-0.2, 0) is 16.0 Å². The first-order valence-electron chi connectivity index (χ1n) is 4.61. The summed E-state index contributed by atoms with van der Waals surface area (Å²) in [6.45, 7) is 0. The van der Waals surface area contributed by atoms with E-state index in [0.29, 0.717) is 6.42 Å². The maximum atomic E-state index is 10.5. The van der Waals surface area contributed by atoms with Crippen LogP contribution in [0.4, 0.5) is 0 Å². The normalized spacial score (nSPS) is 12.4. The largest absolute Gasteiger partial charge is 0.481 e. The van der Waals surface area contributed by atoms with E-state index < -0.39 is 5.97 Å². The lowest BCUT2D eigenvalue weighted by Gasteiger charge is -2.12. The first-order valence-corrected chi connectivity index (χ1v) is 5.40. The molecule has 1 N–H and O–H groups in total. The van der Waals surface area contributed by atoms with Crippen LogP contribution in [0, 0.1) is 0 Å². The van der Waals surface area contributed by atoms with Gasteiger partial charge in [0.1, 0.15) is 0 Å². The Balaban J connectivity index is 2.58. The van der Waals surface area contributed by atoms with E-state index in [-0.39, 0.29) is 12.5 Å². The number of ether oxygens (including phenoxy) is 1. The van der Waals surface area contributed by atoms with Gasteiger partial charge in [-0.25, -0.2) is 0 Å². The molecule has 0 fully saturated rings. The maximum Gasteiger partial charge on any atom is 0.305 e. The lowest BCUT2D eigenvalue weighted by atomic mass is 10.1. The van der Waals surface area contributed by atoms with E-state index >= 15 is 0 Å². The number of methoxy groups -OCH3 is 1. The molecule has 3 nitrogen and oxygen atoms in total. The summed E-state index contributed by atoms with van der Waals surface area (Å²) in [4.78, 5) is 10.5. The van der Waals surface area contributed by atoms with Gasteiger partial charge in [-0.15, -0.1) is 0 Å². The average Bonchev–Trinajstić information content (AvgIpc) is 2.19. The molecule has 0 saturated heterocycles. The second kappa shape index (κ2) is 5.88. The van der Waals surface area contributed by atoms with E-state index in [1.165, 1.54) is 7.11 Å². The Bertz CT molecular complexity index is 321. The minimum atomic E-state index is -0.834. The van der Waals surface area contributed by atoms with Crippen LogP contribution in [0.3, 0.4) is 0 Å². The molecule has 0 bridgehead atoms. The van der Waals surface area contributed by atoms with Crippen molar-refractivity contribution in [3.63, 3.8) is 0 Å². The summed E-state index contributed by atoms with van der Waals surface area (Å²) in [6, 6.07) is 7.78. The van der Waals surface area contributed by atoms with Crippen LogP contribution in [-0.4, -0.2) is 24.3 Å². The molecule has 1 aromatic carbocycles. The monoisotopic (exact) mass is 272 g/mol. The van der Waals surface area contributed by atoms with Crippen LogP contribution >= 0.6 is 15.9 Å². The van der Waals surface area contributed by atoms with Gasteiger partial charge in [-0.2, -0.15) is 0 Å². The van der Waals surface area contributed by atoms with E-state index in [2.05, 4.69) is 15.9 Å². The molecule has 1 atom stereocenters. The van der Waals surface area contributed by atoms with E-state index in [1.807, 2.05) is 24.3 Å². The Morgan fingerprint density at radius 2 is 2.07 bits per heavy atom. The predicted octanol–water partition coefficient (Wildman–Crippen LogP) is 2.48. The second-order valence-electron chi connectivity index (χ2n) is 3.29. The summed E-state index contributed by atoms with van der Waals surface area (Å²) in [6.07, 6.45) is 0.395. The van der Waals surface area contributed by atoms with E-state index in [9.17, 15) is 4.79 Å². The predicted molar refractivity (Wildman–Crippen MR) is 60.9 cm³/mol. The quantitative estimate of drug-likeness (QED) is 0.896. The molecule has 1 aromatic rings. The molecule has 0 heterocycles. The molecular formula is C11H13BrO3. The third-order valence-electron chi connectivity index (χ3n) is 2.11. The van der Waals surface area contributed by atoms with Gasteiger partial charge in [0, 0.05) is 11.6 Å². The van der Waals surface area contributed by atoms with E-state index in [1.54, 1.807) is 0 Å². The SMILES string of the molecule is COC(CC(=O)O)Cc1ccc(Br)cc1. The summed E-state index contributed by atoms with van der Waals surface area (Å²) >= 11 is 3.34. The van der Waals surface area contributed by atoms with E-state index in [4.69, 9.17) is 9.84 Å². The molecule has 15 heavy (non-hydrogen) atoms. The van der Waals surface area contributed by atoms with Crippen molar-refractivity contribution in [2.75, 3.05) is 7.11 Å². The molecule has 0 radical (unpaired) electrons. The first-order chi connectivity index (χ1) is 7.11. The van der Waals surface area contributed by atoms with Crippen molar-refractivity contribution in [1.29, 1.82) is 0 Å². The van der Waals surface area contributed by atoms with Crippen LogP contribution in [0.1, 0.15) is 12.0 Å². The number of hydrogen-bond acceptors (Lipinski definition) is 2. The topological polar surface area (TPSA) is 46.5 Å². The first kappa shape index (κ1) is 12.2. The average molecular weight is 273 g/mol. The third kappa shape index (κ3) is 4.44. The molecule has 0 aliphatic heterocycles. The van der Waals surface area contributed by atoms with Gasteiger partial charge in [0.05, 0.1) is 12.5 Å². The highest BCUT2D eigenvalue weighted by Gasteiger charge is 2.12. The van der Waals surface area contributed by atoms with Crippen LogP contribution in [0.15, 0.2) is 28.7 Å². The fourth-order valence-electron chi connectivity index (χ4n) is 1.32. The molecule has 0 spiro atoms. The van der Waals surface area contributed by atoms with Gasteiger partial charge >= 0.3 is 5.97 Å². The van der Waals surface area contributed by atoms with Gasteiger partial charge in [-0.05, 0) is 24.1 Å². The zero-order valence-electron chi connectivity index (χ0n) is 8.44. The number of benzene rings is 1. The van der Waals surface area contributed by atoms with Crippen molar-refractivity contribution >= 4 is 21.9 Å². The lowest BCUT2D eigenvalue weighted by molar-refractivity contribution is -0.139. The Labute approximate surface area is 97.2 Å². The van der Waals surface area contributed by atoms with Crippen LogP contribution in [0.25, 0.3) is 0 Å². The van der Waals surface area contributed by atoms with Crippen LogP contribution in [0.2, 0.25) is 0 Å². The standard InChI is InChI=1S/C11H13BrO3/c1-15-10(7-11(13)14)6-8-2-4-9(12)5-3-8/h2-5,10H,6-7H2,1H3,(H,13,14). The van der Waals surface area contributed by atoms with Gasteiger partial charge < -0.3 is 9.84 Å². The minimum Gasteiger partial charge on any atom is -0.481 e. The molecule has 4 heteroatoms. The van der Waals surface area contributed by atoms with Gasteiger partial charge in [0.15, 0.2) is 0 Å². The number of rotatable bonds is 5.